The summed E-state index contributed by atoms with van der Waals surface area (Å²) in [6.07, 6.45) is 2.91. The van der Waals surface area contributed by atoms with Gasteiger partial charge in [0.1, 0.15) is 0 Å². The highest BCUT2D eigenvalue weighted by molar-refractivity contribution is 7.14. The lowest BCUT2D eigenvalue weighted by Crippen LogP contribution is -2.43. The predicted octanol–water partition coefficient (Wildman–Crippen LogP) is 3.31. The molecule has 1 atom stereocenters. The number of anilines is 1. The Kier molecular flexibility index (Phi) is 4.06. The number of thiazole rings is 1. The molecule has 1 aliphatic rings. The third-order valence-corrected chi connectivity index (χ3v) is 4.75. The molecule has 0 spiro atoms. The van der Waals surface area contributed by atoms with Crippen LogP contribution < -0.4 is 4.90 Å². The second-order valence-electron chi connectivity index (χ2n) is 5.40. The zero-order valence-electron chi connectivity index (χ0n) is 12.8. The summed E-state index contributed by atoms with van der Waals surface area (Å²) >= 11 is 1.47. The van der Waals surface area contributed by atoms with E-state index in [2.05, 4.69) is 9.97 Å². The number of carbonyl (C=O) groups excluding carboxylic acids is 1. The summed E-state index contributed by atoms with van der Waals surface area (Å²) in [5.41, 5.74) is 2.72. The van der Waals surface area contributed by atoms with E-state index >= 15 is 0 Å². The molecule has 0 saturated carbocycles. The second kappa shape index (κ2) is 6.51. The molecule has 0 bridgehead atoms. The van der Waals surface area contributed by atoms with Crippen molar-refractivity contribution in [1.82, 2.24) is 9.97 Å². The number of nitrogens with zero attached hydrogens (tertiary/aromatic N) is 3. The van der Waals surface area contributed by atoms with Crippen molar-refractivity contribution >= 4 is 22.4 Å². The first-order valence-electron chi connectivity index (χ1n) is 7.67. The van der Waals surface area contributed by atoms with Crippen LogP contribution in [0.4, 0.5) is 5.13 Å². The molecule has 4 rings (SSSR count). The molecule has 1 amide bonds. The first-order chi connectivity index (χ1) is 11.8. The van der Waals surface area contributed by atoms with Crippen molar-refractivity contribution in [3.8, 4) is 11.3 Å². The number of aromatic nitrogens is 2. The maximum absolute atomic E-state index is 12.8. The van der Waals surface area contributed by atoms with Crippen LogP contribution >= 0.6 is 11.3 Å². The zero-order valence-corrected chi connectivity index (χ0v) is 13.6. The standard InChI is InChI=1S/C18H15N3O2S/c22-17-16(14-4-2-1-3-5-14)23-11-10-21(17)18-20-15(12-24-18)13-6-8-19-9-7-13/h1-9,12,16H,10-11H2. The molecule has 120 valence electrons. The van der Waals surface area contributed by atoms with Gasteiger partial charge in [-0.2, -0.15) is 0 Å². The first-order valence-corrected chi connectivity index (χ1v) is 8.55. The van der Waals surface area contributed by atoms with Gasteiger partial charge in [0.2, 0.25) is 0 Å². The van der Waals surface area contributed by atoms with Gasteiger partial charge in [-0.15, -0.1) is 11.3 Å². The van der Waals surface area contributed by atoms with E-state index in [0.29, 0.717) is 18.3 Å². The van der Waals surface area contributed by atoms with Gasteiger partial charge < -0.3 is 4.74 Å². The fraction of sp³-hybridized carbons (Fsp3) is 0.167. The number of carbonyl (C=O) groups is 1. The number of pyridine rings is 1. The van der Waals surface area contributed by atoms with Crippen molar-refractivity contribution in [3.63, 3.8) is 0 Å². The third-order valence-electron chi connectivity index (χ3n) is 3.89. The summed E-state index contributed by atoms with van der Waals surface area (Å²) in [7, 11) is 0. The molecule has 3 heterocycles. The molecule has 3 aromatic rings. The predicted molar refractivity (Wildman–Crippen MR) is 92.8 cm³/mol. The van der Waals surface area contributed by atoms with Crippen LogP contribution in [0.5, 0.6) is 0 Å². The Morgan fingerprint density at radius 2 is 1.92 bits per heavy atom. The zero-order chi connectivity index (χ0) is 16.4. The molecule has 1 aromatic carbocycles. The minimum Gasteiger partial charge on any atom is -0.362 e. The molecule has 0 aliphatic carbocycles. The average Bonchev–Trinajstić information content (AvgIpc) is 3.13. The lowest BCUT2D eigenvalue weighted by atomic mass is 10.1. The topological polar surface area (TPSA) is 55.3 Å². The fourth-order valence-corrected chi connectivity index (χ4v) is 3.55. The number of ether oxygens (including phenoxy) is 1. The van der Waals surface area contributed by atoms with Crippen molar-refractivity contribution in [2.75, 3.05) is 18.1 Å². The Bertz CT molecular complexity index is 836. The SMILES string of the molecule is O=C1C(c2ccccc2)OCCN1c1nc(-c2ccncc2)cs1. The lowest BCUT2D eigenvalue weighted by Gasteiger charge is -2.30. The molecule has 2 aromatic heterocycles. The molecule has 1 unspecified atom stereocenters. The molecule has 6 heteroatoms. The highest BCUT2D eigenvalue weighted by atomic mass is 32.1. The molecule has 1 saturated heterocycles. The summed E-state index contributed by atoms with van der Waals surface area (Å²) in [5.74, 6) is -0.0666. The highest BCUT2D eigenvalue weighted by Gasteiger charge is 2.33. The molecule has 0 radical (unpaired) electrons. The van der Waals surface area contributed by atoms with Crippen LogP contribution in [0.2, 0.25) is 0 Å². The van der Waals surface area contributed by atoms with Gasteiger partial charge in [0.15, 0.2) is 11.2 Å². The van der Waals surface area contributed by atoms with E-state index in [1.807, 2.05) is 47.8 Å². The number of hydrogen-bond donors (Lipinski definition) is 0. The maximum Gasteiger partial charge on any atom is 0.262 e. The minimum absolute atomic E-state index is 0.0666. The molecule has 0 N–H and O–H groups in total. The van der Waals surface area contributed by atoms with E-state index in [1.165, 1.54) is 11.3 Å². The van der Waals surface area contributed by atoms with Crippen LogP contribution in [0.25, 0.3) is 11.3 Å². The van der Waals surface area contributed by atoms with Crippen LogP contribution in [0.3, 0.4) is 0 Å². The number of morpholine rings is 1. The van der Waals surface area contributed by atoms with Gasteiger partial charge in [-0.25, -0.2) is 4.98 Å². The summed E-state index contributed by atoms with van der Waals surface area (Å²) < 4.78 is 5.70. The van der Waals surface area contributed by atoms with Crippen molar-refractivity contribution < 1.29 is 9.53 Å². The van der Waals surface area contributed by atoms with Crippen LogP contribution in [-0.4, -0.2) is 29.0 Å². The van der Waals surface area contributed by atoms with Gasteiger partial charge in [-0.05, 0) is 17.7 Å². The minimum atomic E-state index is -0.562. The average molecular weight is 337 g/mol. The van der Waals surface area contributed by atoms with Gasteiger partial charge >= 0.3 is 0 Å². The van der Waals surface area contributed by atoms with Crippen molar-refractivity contribution in [1.29, 1.82) is 0 Å². The molecule has 1 fully saturated rings. The molecule has 24 heavy (non-hydrogen) atoms. The van der Waals surface area contributed by atoms with E-state index in [-0.39, 0.29) is 5.91 Å². The molecule has 5 nitrogen and oxygen atoms in total. The number of benzene rings is 1. The van der Waals surface area contributed by atoms with Gasteiger partial charge in [0, 0.05) is 23.3 Å². The molecular weight excluding hydrogens is 322 g/mol. The Morgan fingerprint density at radius 1 is 1.12 bits per heavy atom. The highest BCUT2D eigenvalue weighted by Crippen LogP contribution is 2.31. The van der Waals surface area contributed by atoms with Crippen LogP contribution in [0.1, 0.15) is 11.7 Å². The number of hydrogen-bond acceptors (Lipinski definition) is 5. The van der Waals surface area contributed by atoms with E-state index in [4.69, 9.17) is 4.74 Å². The van der Waals surface area contributed by atoms with Crippen molar-refractivity contribution in [2.24, 2.45) is 0 Å². The summed E-state index contributed by atoms with van der Waals surface area (Å²) in [4.78, 5) is 23.2. The van der Waals surface area contributed by atoms with E-state index in [1.54, 1.807) is 17.3 Å². The largest absolute Gasteiger partial charge is 0.362 e. The fourth-order valence-electron chi connectivity index (χ4n) is 2.68. The monoisotopic (exact) mass is 337 g/mol. The quantitative estimate of drug-likeness (QED) is 0.736. The van der Waals surface area contributed by atoms with E-state index < -0.39 is 6.10 Å². The normalized spacial score (nSPS) is 17.9. The van der Waals surface area contributed by atoms with Crippen molar-refractivity contribution in [3.05, 3.63) is 65.8 Å². The molecular formula is C18H15N3O2S. The maximum atomic E-state index is 12.8. The summed E-state index contributed by atoms with van der Waals surface area (Å²) in [6.45, 7) is 1.01. The summed E-state index contributed by atoms with van der Waals surface area (Å²) in [5, 5.41) is 2.67. The third kappa shape index (κ3) is 2.81. The van der Waals surface area contributed by atoms with Crippen molar-refractivity contribution in [2.45, 2.75) is 6.10 Å². The Hall–Kier alpha value is -2.57. The van der Waals surface area contributed by atoms with Gasteiger partial charge in [-0.1, -0.05) is 30.3 Å². The Balaban J connectivity index is 1.60. The molecule has 1 aliphatic heterocycles. The Morgan fingerprint density at radius 3 is 2.71 bits per heavy atom. The number of rotatable bonds is 3. The number of amides is 1. The van der Waals surface area contributed by atoms with Gasteiger partial charge in [0.25, 0.3) is 5.91 Å². The van der Waals surface area contributed by atoms with E-state index in [9.17, 15) is 4.79 Å². The smallest absolute Gasteiger partial charge is 0.262 e. The first kappa shape index (κ1) is 15.0. The van der Waals surface area contributed by atoms with E-state index in [0.717, 1.165) is 16.8 Å². The van der Waals surface area contributed by atoms with Crippen LogP contribution in [0.15, 0.2) is 60.2 Å². The van der Waals surface area contributed by atoms with Crippen LogP contribution in [-0.2, 0) is 9.53 Å². The lowest BCUT2D eigenvalue weighted by molar-refractivity contribution is -0.134. The van der Waals surface area contributed by atoms with Crippen LogP contribution in [0, 0.1) is 0 Å². The second-order valence-corrected chi connectivity index (χ2v) is 6.24. The summed E-state index contributed by atoms with van der Waals surface area (Å²) in [6, 6.07) is 13.4. The van der Waals surface area contributed by atoms with Gasteiger partial charge in [-0.3, -0.25) is 14.7 Å². The van der Waals surface area contributed by atoms with Gasteiger partial charge in [0.05, 0.1) is 18.8 Å². The Labute approximate surface area is 143 Å².